The molecule has 0 aliphatic carbocycles. The molecule has 1 saturated heterocycles. The van der Waals surface area contributed by atoms with Gasteiger partial charge in [-0.25, -0.2) is 4.68 Å². The van der Waals surface area contributed by atoms with Crippen molar-refractivity contribution in [3.8, 4) is 5.75 Å². The molecular formula is C18H27N5O2. The summed E-state index contributed by atoms with van der Waals surface area (Å²) in [5.41, 5.74) is 7.35. The smallest absolute Gasteiger partial charge is 0.252 e. The van der Waals surface area contributed by atoms with E-state index in [4.69, 9.17) is 10.5 Å². The molecule has 0 spiro atoms. The zero-order valence-corrected chi connectivity index (χ0v) is 15.1. The van der Waals surface area contributed by atoms with E-state index in [1.54, 1.807) is 13.2 Å². The molecule has 0 saturated carbocycles. The van der Waals surface area contributed by atoms with Crippen molar-refractivity contribution in [1.29, 1.82) is 0 Å². The third kappa shape index (κ3) is 3.76. The molecule has 1 fully saturated rings. The largest absolute Gasteiger partial charge is 0.496 e. The lowest BCUT2D eigenvalue weighted by molar-refractivity contribution is 0.0997. The van der Waals surface area contributed by atoms with Gasteiger partial charge in [-0.2, -0.15) is 0 Å². The first-order valence-corrected chi connectivity index (χ1v) is 9.09. The van der Waals surface area contributed by atoms with Gasteiger partial charge >= 0.3 is 0 Å². The van der Waals surface area contributed by atoms with Crippen LogP contribution in [0.3, 0.4) is 0 Å². The summed E-state index contributed by atoms with van der Waals surface area (Å²) in [4.78, 5) is 14.1. The molecule has 2 N–H and O–H groups in total. The minimum absolute atomic E-state index is 0.271. The van der Waals surface area contributed by atoms with E-state index in [2.05, 4.69) is 22.1 Å². The summed E-state index contributed by atoms with van der Waals surface area (Å²) in [6.45, 7) is 5.35. The molecule has 0 radical (unpaired) electrons. The number of carbonyl (C=O) groups is 1. The Hall–Kier alpha value is -2.15. The van der Waals surface area contributed by atoms with Crippen LogP contribution in [0.25, 0.3) is 11.0 Å². The quantitative estimate of drug-likeness (QED) is 0.919. The first-order chi connectivity index (χ1) is 12.1. The number of rotatable bonds is 4. The zero-order valence-electron chi connectivity index (χ0n) is 15.1. The number of methoxy groups -OCH3 is 1. The Labute approximate surface area is 148 Å². The van der Waals surface area contributed by atoms with Gasteiger partial charge in [0.25, 0.3) is 5.91 Å². The minimum Gasteiger partial charge on any atom is -0.496 e. The van der Waals surface area contributed by atoms with E-state index in [9.17, 15) is 4.79 Å². The molecule has 1 atom stereocenters. The van der Waals surface area contributed by atoms with Crippen molar-refractivity contribution in [1.82, 2.24) is 19.9 Å². The SMILES string of the molecule is CCN1CCCCCCC(n2nnc3cc(C(N)=O)c(OC)cc32)C1. The average molecular weight is 345 g/mol. The molecule has 136 valence electrons. The normalized spacial score (nSPS) is 20.0. The van der Waals surface area contributed by atoms with Crippen LogP contribution in [0.5, 0.6) is 5.75 Å². The molecule has 1 unspecified atom stereocenters. The lowest BCUT2D eigenvalue weighted by atomic mass is 10.1. The lowest BCUT2D eigenvalue weighted by Gasteiger charge is -2.25. The second-order valence-corrected chi connectivity index (χ2v) is 6.69. The van der Waals surface area contributed by atoms with Crippen LogP contribution in [0.1, 0.15) is 55.4 Å². The van der Waals surface area contributed by atoms with Crippen molar-refractivity contribution in [2.75, 3.05) is 26.7 Å². The first kappa shape index (κ1) is 17.7. The van der Waals surface area contributed by atoms with E-state index >= 15 is 0 Å². The molecule has 1 aliphatic rings. The van der Waals surface area contributed by atoms with Gasteiger partial charge in [0, 0.05) is 12.6 Å². The van der Waals surface area contributed by atoms with Crippen LogP contribution in [0.2, 0.25) is 0 Å². The third-order valence-electron chi connectivity index (χ3n) is 5.08. The molecule has 7 nitrogen and oxygen atoms in total. The maximum absolute atomic E-state index is 11.6. The Kier molecular flexibility index (Phi) is 5.53. The van der Waals surface area contributed by atoms with Gasteiger partial charge in [0.2, 0.25) is 0 Å². The predicted molar refractivity (Wildman–Crippen MR) is 96.8 cm³/mol. The van der Waals surface area contributed by atoms with Gasteiger partial charge in [-0.05, 0) is 32.0 Å². The number of benzene rings is 1. The molecule has 2 aromatic rings. The van der Waals surface area contributed by atoms with Crippen LogP contribution in [0.4, 0.5) is 0 Å². The van der Waals surface area contributed by atoms with Crippen LogP contribution in [0.15, 0.2) is 12.1 Å². The van der Waals surface area contributed by atoms with Gasteiger partial charge in [0.15, 0.2) is 0 Å². The molecular weight excluding hydrogens is 318 g/mol. The fraction of sp³-hybridized carbons (Fsp3) is 0.611. The van der Waals surface area contributed by atoms with Gasteiger partial charge < -0.3 is 15.4 Å². The number of carbonyl (C=O) groups excluding carboxylic acids is 1. The first-order valence-electron chi connectivity index (χ1n) is 9.09. The van der Waals surface area contributed by atoms with Crippen LogP contribution in [-0.4, -0.2) is 52.5 Å². The molecule has 1 aromatic heterocycles. The lowest BCUT2D eigenvalue weighted by Crippen LogP contribution is -2.31. The number of primary amides is 1. The van der Waals surface area contributed by atoms with E-state index in [1.807, 2.05) is 10.7 Å². The highest BCUT2D eigenvalue weighted by atomic mass is 16.5. The number of amides is 1. The highest BCUT2D eigenvalue weighted by molar-refractivity contribution is 5.99. The van der Waals surface area contributed by atoms with E-state index < -0.39 is 5.91 Å². The Morgan fingerprint density at radius 2 is 2.12 bits per heavy atom. The van der Waals surface area contributed by atoms with Crippen molar-refractivity contribution in [3.05, 3.63) is 17.7 Å². The maximum atomic E-state index is 11.6. The Bertz CT molecular complexity index is 742. The van der Waals surface area contributed by atoms with Crippen LogP contribution in [0, 0.1) is 0 Å². The second-order valence-electron chi connectivity index (χ2n) is 6.69. The summed E-state index contributed by atoms with van der Waals surface area (Å²) in [7, 11) is 1.54. The molecule has 1 aliphatic heterocycles. The van der Waals surface area contributed by atoms with Gasteiger partial charge in [-0.1, -0.05) is 31.4 Å². The van der Waals surface area contributed by atoms with Gasteiger partial charge in [0.1, 0.15) is 11.3 Å². The second kappa shape index (κ2) is 7.82. The molecule has 1 amide bonds. The van der Waals surface area contributed by atoms with Crippen molar-refractivity contribution < 1.29 is 9.53 Å². The number of nitrogens with two attached hydrogens (primary N) is 1. The molecule has 25 heavy (non-hydrogen) atoms. The fourth-order valence-corrected chi connectivity index (χ4v) is 3.63. The van der Waals surface area contributed by atoms with E-state index in [0.29, 0.717) is 16.8 Å². The van der Waals surface area contributed by atoms with Crippen LogP contribution < -0.4 is 10.5 Å². The summed E-state index contributed by atoms with van der Waals surface area (Å²) >= 11 is 0. The average Bonchev–Trinajstić information content (AvgIpc) is 3.07. The minimum atomic E-state index is -0.520. The van der Waals surface area contributed by atoms with E-state index in [0.717, 1.165) is 31.6 Å². The monoisotopic (exact) mass is 345 g/mol. The number of ether oxygens (including phenoxy) is 1. The molecule has 3 rings (SSSR count). The summed E-state index contributed by atoms with van der Waals surface area (Å²) in [6, 6.07) is 3.78. The van der Waals surface area contributed by atoms with Crippen molar-refractivity contribution >= 4 is 16.9 Å². The topological polar surface area (TPSA) is 86.3 Å². The Morgan fingerprint density at radius 1 is 1.32 bits per heavy atom. The van der Waals surface area contributed by atoms with Crippen molar-refractivity contribution in [2.24, 2.45) is 5.73 Å². The Morgan fingerprint density at radius 3 is 2.84 bits per heavy atom. The highest BCUT2D eigenvalue weighted by Gasteiger charge is 2.22. The summed E-state index contributed by atoms with van der Waals surface area (Å²) in [5, 5.41) is 8.67. The predicted octanol–water partition coefficient (Wildman–Crippen LogP) is 2.37. The zero-order chi connectivity index (χ0) is 17.8. The highest BCUT2D eigenvalue weighted by Crippen LogP contribution is 2.28. The fourth-order valence-electron chi connectivity index (χ4n) is 3.63. The number of fused-ring (bicyclic) bond motifs is 1. The Balaban J connectivity index is 1.99. The van der Waals surface area contributed by atoms with Gasteiger partial charge in [0.05, 0.1) is 24.2 Å². The maximum Gasteiger partial charge on any atom is 0.252 e. The van der Waals surface area contributed by atoms with E-state index in [1.165, 1.54) is 25.7 Å². The number of hydrogen-bond acceptors (Lipinski definition) is 5. The summed E-state index contributed by atoms with van der Waals surface area (Å²) < 4.78 is 7.35. The van der Waals surface area contributed by atoms with Gasteiger partial charge in [-0.3, -0.25) is 4.79 Å². The molecule has 0 bridgehead atoms. The number of hydrogen-bond donors (Lipinski definition) is 1. The number of nitrogens with zero attached hydrogens (tertiary/aromatic N) is 4. The third-order valence-corrected chi connectivity index (χ3v) is 5.08. The van der Waals surface area contributed by atoms with E-state index in [-0.39, 0.29) is 6.04 Å². The molecule has 7 heteroatoms. The molecule has 2 heterocycles. The van der Waals surface area contributed by atoms with Crippen molar-refractivity contribution in [3.63, 3.8) is 0 Å². The van der Waals surface area contributed by atoms with Crippen LogP contribution >= 0.6 is 0 Å². The standard InChI is InChI=1S/C18H27N5O2/c1-3-22-9-7-5-4-6-8-13(12-22)23-16-11-17(25-2)14(18(19)24)10-15(16)20-21-23/h10-11,13H,3-9,12H2,1-2H3,(H2,19,24). The number of likely N-dealkylation sites (N-methyl/N-ethyl adjacent to an activating group) is 1. The summed E-state index contributed by atoms with van der Waals surface area (Å²) in [5.74, 6) is -0.0492. The van der Waals surface area contributed by atoms with Crippen molar-refractivity contribution in [2.45, 2.75) is 45.1 Å². The number of aromatic nitrogens is 3. The molecule has 1 aromatic carbocycles. The van der Waals surface area contributed by atoms with Gasteiger partial charge in [-0.15, -0.1) is 5.10 Å². The summed E-state index contributed by atoms with van der Waals surface area (Å²) in [6.07, 6.45) is 6.08. The van der Waals surface area contributed by atoms with Crippen LogP contribution in [-0.2, 0) is 0 Å².